The molecule has 118 valence electrons. The van der Waals surface area contributed by atoms with E-state index < -0.39 is 0 Å². The van der Waals surface area contributed by atoms with Crippen molar-refractivity contribution in [3.63, 3.8) is 0 Å². The van der Waals surface area contributed by atoms with Gasteiger partial charge in [0, 0.05) is 24.5 Å². The van der Waals surface area contributed by atoms with Crippen molar-refractivity contribution in [1.29, 1.82) is 0 Å². The van der Waals surface area contributed by atoms with Gasteiger partial charge in [-0.05, 0) is 43.4 Å². The molecule has 22 heavy (non-hydrogen) atoms. The van der Waals surface area contributed by atoms with E-state index in [4.69, 9.17) is 11.6 Å². The van der Waals surface area contributed by atoms with Crippen molar-refractivity contribution in [2.45, 2.75) is 26.2 Å². The van der Waals surface area contributed by atoms with Crippen molar-refractivity contribution in [2.24, 2.45) is 11.8 Å². The van der Waals surface area contributed by atoms with Gasteiger partial charge in [0.15, 0.2) is 0 Å². The molecule has 1 saturated carbocycles. The minimum atomic E-state index is -0.278. The number of benzene rings is 1. The van der Waals surface area contributed by atoms with Crippen LogP contribution in [0.5, 0.6) is 0 Å². The Morgan fingerprint density at radius 1 is 1.41 bits per heavy atom. The highest BCUT2D eigenvalue weighted by atomic mass is 35.5. The smallest absolute Gasteiger partial charge is 0.243 e. The van der Waals surface area contributed by atoms with Crippen LogP contribution in [0.1, 0.15) is 24.8 Å². The molecule has 2 fully saturated rings. The average molecular weight is 322 g/mol. The molecular weight excluding hydrogens is 302 g/mol. The number of aryl methyl sites for hydroxylation is 1. The van der Waals surface area contributed by atoms with Crippen LogP contribution in [0, 0.1) is 18.8 Å². The molecule has 2 aliphatic rings. The number of rotatable bonds is 5. The second-order valence-corrected chi connectivity index (χ2v) is 6.63. The molecule has 1 aliphatic heterocycles. The number of carbonyl (C=O) groups excluding carboxylic acids is 2. The predicted molar refractivity (Wildman–Crippen MR) is 85.4 cm³/mol. The van der Waals surface area contributed by atoms with Crippen LogP contribution in [0.15, 0.2) is 18.2 Å². The second-order valence-electron chi connectivity index (χ2n) is 6.22. The molecule has 1 heterocycles. The van der Waals surface area contributed by atoms with Gasteiger partial charge >= 0.3 is 0 Å². The summed E-state index contributed by atoms with van der Waals surface area (Å²) in [5.41, 5.74) is 7.24. The Kier molecular flexibility index (Phi) is 4.25. The first-order valence-corrected chi connectivity index (χ1v) is 8.00. The molecule has 0 radical (unpaired) electrons. The quantitative estimate of drug-likeness (QED) is 0.818. The Morgan fingerprint density at radius 3 is 2.86 bits per heavy atom. The predicted octanol–water partition coefficient (Wildman–Crippen LogP) is 2.35. The topological polar surface area (TPSA) is 61.4 Å². The standard InChI is InChI=1S/C16H20ClN3O2/c1-10-2-5-13(7-14(10)17)18-19-16(22)12-6-15(21)20(9-12)8-11-3-4-11/h2,5,7,11-12,18H,3-4,6,8-9H2,1H3,(H,19,22). The van der Waals surface area contributed by atoms with Crippen molar-refractivity contribution in [3.05, 3.63) is 28.8 Å². The molecule has 6 heteroatoms. The summed E-state index contributed by atoms with van der Waals surface area (Å²) in [7, 11) is 0. The number of amides is 2. The van der Waals surface area contributed by atoms with E-state index in [0.717, 1.165) is 17.8 Å². The Morgan fingerprint density at radius 2 is 2.18 bits per heavy atom. The van der Waals surface area contributed by atoms with E-state index in [-0.39, 0.29) is 17.7 Å². The lowest BCUT2D eigenvalue weighted by molar-refractivity contribution is -0.129. The normalized spacial score (nSPS) is 21.1. The first-order chi connectivity index (χ1) is 10.5. The van der Waals surface area contributed by atoms with Crippen molar-refractivity contribution in [3.8, 4) is 0 Å². The lowest BCUT2D eigenvalue weighted by Gasteiger charge is -2.16. The summed E-state index contributed by atoms with van der Waals surface area (Å²) in [6.45, 7) is 3.25. The molecule has 2 N–H and O–H groups in total. The summed E-state index contributed by atoms with van der Waals surface area (Å²) in [5, 5.41) is 0.644. The lowest BCUT2D eigenvalue weighted by atomic mass is 10.1. The summed E-state index contributed by atoms with van der Waals surface area (Å²) in [6, 6.07) is 5.49. The van der Waals surface area contributed by atoms with Gasteiger partial charge in [0.05, 0.1) is 11.6 Å². The summed E-state index contributed by atoms with van der Waals surface area (Å²) >= 11 is 6.04. The molecule has 1 unspecified atom stereocenters. The average Bonchev–Trinajstić information content (AvgIpc) is 3.23. The largest absolute Gasteiger partial charge is 0.342 e. The van der Waals surface area contributed by atoms with Gasteiger partial charge in [-0.3, -0.25) is 20.4 Å². The monoisotopic (exact) mass is 321 g/mol. The van der Waals surface area contributed by atoms with Crippen LogP contribution in [0.2, 0.25) is 5.02 Å². The molecule has 3 rings (SSSR count). The number of hydrogen-bond acceptors (Lipinski definition) is 3. The van der Waals surface area contributed by atoms with E-state index in [1.165, 1.54) is 12.8 Å². The van der Waals surface area contributed by atoms with E-state index in [9.17, 15) is 9.59 Å². The van der Waals surface area contributed by atoms with E-state index >= 15 is 0 Å². The van der Waals surface area contributed by atoms with Gasteiger partial charge in [-0.1, -0.05) is 17.7 Å². The third-order valence-electron chi connectivity index (χ3n) is 4.26. The maximum Gasteiger partial charge on any atom is 0.243 e. The van der Waals surface area contributed by atoms with Crippen LogP contribution in [-0.4, -0.2) is 29.8 Å². The maximum atomic E-state index is 12.2. The van der Waals surface area contributed by atoms with Crippen LogP contribution in [-0.2, 0) is 9.59 Å². The van der Waals surface area contributed by atoms with Crippen molar-refractivity contribution < 1.29 is 9.59 Å². The first kappa shape index (κ1) is 15.2. The molecular formula is C16H20ClN3O2. The van der Waals surface area contributed by atoms with Crippen LogP contribution < -0.4 is 10.9 Å². The summed E-state index contributed by atoms with van der Waals surface area (Å²) < 4.78 is 0. The van der Waals surface area contributed by atoms with E-state index in [2.05, 4.69) is 10.9 Å². The fourth-order valence-corrected chi connectivity index (χ4v) is 2.82. The number of carbonyl (C=O) groups is 2. The molecule has 2 amide bonds. The van der Waals surface area contributed by atoms with Crippen LogP contribution >= 0.6 is 11.6 Å². The Bertz CT molecular complexity index is 601. The van der Waals surface area contributed by atoms with Crippen molar-refractivity contribution in [2.75, 3.05) is 18.5 Å². The number of hydrogen-bond donors (Lipinski definition) is 2. The number of nitrogens with zero attached hydrogens (tertiary/aromatic N) is 1. The molecule has 0 spiro atoms. The van der Waals surface area contributed by atoms with Crippen molar-refractivity contribution >= 4 is 29.1 Å². The third kappa shape index (κ3) is 3.53. The minimum Gasteiger partial charge on any atom is -0.342 e. The second kappa shape index (κ2) is 6.16. The Hall–Kier alpha value is -1.75. The fraction of sp³-hybridized carbons (Fsp3) is 0.500. The zero-order valence-corrected chi connectivity index (χ0v) is 13.3. The Labute approximate surface area is 135 Å². The highest BCUT2D eigenvalue weighted by Gasteiger charge is 2.37. The molecule has 1 atom stereocenters. The van der Waals surface area contributed by atoms with Gasteiger partial charge in [0.1, 0.15) is 0 Å². The summed E-state index contributed by atoms with van der Waals surface area (Å²) in [6.07, 6.45) is 2.71. The molecule has 1 aromatic carbocycles. The van der Waals surface area contributed by atoms with Gasteiger partial charge in [0.2, 0.25) is 11.8 Å². The van der Waals surface area contributed by atoms with Gasteiger partial charge < -0.3 is 4.90 Å². The highest BCUT2D eigenvalue weighted by molar-refractivity contribution is 6.31. The number of likely N-dealkylation sites (tertiary alicyclic amines) is 1. The molecule has 0 bridgehead atoms. The van der Waals surface area contributed by atoms with Gasteiger partial charge in [-0.2, -0.15) is 0 Å². The zero-order valence-electron chi connectivity index (χ0n) is 12.6. The van der Waals surface area contributed by atoms with Gasteiger partial charge in [-0.25, -0.2) is 0 Å². The fourth-order valence-electron chi connectivity index (χ4n) is 2.64. The van der Waals surface area contributed by atoms with E-state index in [0.29, 0.717) is 23.9 Å². The number of anilines is 1. The zero-order chi connectivity index (χ0) is 15.7. The molecule has 1 aliphatic carbocycles. The van der Waals surface area contributed by atoms with Crippen molar-refractivity contribution in [1.82, 2.24) is 10.3 Å². The van der Waals surface area contributed by atoms with Crippen LogP contribution in [0.25, 0.3) is 0 Å². The summed E-state index contributed by atoms with van der Waals surface area (Å²) in [5.74, 6) is 0.312. The molecule has 1 saturated heterocycles. The van der Waals surface area contributed by atoms with Crippen LogP contribution in [0.4, 0.5) is 5.69 Å². The first-order valence-electron chi connectivity index (χ1n) is 7.62. The number of hydrazine groups is 1. The van der Waals surface area contributed by atoms with E-state index in [1.807, 2.05) is 24.0 Å². The molecule has 0 aromatic heterocycles. The number of nitrogens with one attached hydrogen (secondary N) is 2. The van der Waals surface area contributed by atoms with Crippen LogP contribution in [0.3, 0.4) is 0 Å². The SMILES string of the molecule is Cc1ccc(NNC(=O)C2CC(=O)N(CC3CC3)C2)cc1Cl. The highest BCUT2D eigenvalue weighted by Crippen LogP contribution is 2.32. The van der Waals surface area contributed by atoms with Gasteiger partial charge in [-0.15, -0.1) is 0 Å². The Balaban J connectivity index is 1.51. The third-order valence-corrected chi connectivity index (χ3v) is 4.67. The molecule has 1 aromatic rings. The summed E-state index contributed by atoms with van der Waals surface area (Å²) in [4.78, 5) is 25.9. The maximum absolute atomic E-state index is 12.2. The molecule has 5 nitrogen and oxygen atoms in total. The van der Waals surface area contributed by atoms with E-state index in [1.54, 1.807) is 6.07 Å². The van der Waals surface area contributed by atoms with Gasteiger partial charge in [0.25, 0.3) is 0 Å². The number of halogens is 1. The minimum absolute atomic E-state index is 0.0884. The lowest BCUT2D eigenvalue weighted by Crippen LogP contribution is -2.36.